The summed E-state index contributed by atoms with van der Waals surface area (Å²) in [4.78, 5) is 20.8. The molecule has 0 saturated carbocycles. The van der Waals surface area contributed by atoms with Crippen LogP contribution in [0.3, 0.4) is 0 Å². The monoisotopic (exact) mass is 574 g/mol. The molecule has 4 aromatic carbocycles. The number of carbonyl (C=O) groups excluding carboxylic acids is 1. The molecule has 1 aromatic heterocycles. The summed E-state index contributed by atoms with van der Waals surface area (Å²) in [5, 5.41) is 0. The molecule has 1 N–H and O–H groups in total. The third-order valence-corrected chi connectivity index (χ3v) is 8.17. The Labute approximate surface area is 251 Å². The van der Waals surface area contributed by atoms with E-state index in [0.717, 1.165) is 82.6 Å². The van der Waals surface area contributed by atoms with Crippen molar-refractivity contribution in [2.45, 2.75) is 25.7 Å². The smallest absolute Gasteiger partial charge is 0.161 e. The summed E-state index contributed by atoms with van der Waals surface area (Å²) in [6, 6.07) is 24.6. The van der Waals surface area contributed by atoms with E-state index in [1.165, 1.54) is 11.1 Å². The zero-order valence-electron chi connectivity index (χ0n) is 24.8. The molecular weight excluding hydrogens is 540 g/mol. The number of ether oxygens (including phenoxy) is 4. The molecule has 7 nitrogen and oxygen atoms in total. The first-order valence-corrected chi connectivity index (χ1v) is 14.3. The van der Waals surface area contributed by atoms with E-state index in [9.17, 15) is 4.79 Å². The van der Waals surface area contributed by atoms with Crippen LogP contribution in [0.2, 0.25) is 0 Å². The van der Waals surface area contributed by atoms with Gasteiger partial charge in [0.05, 0.1) is 39.8 Å². The third-order valence-electron chi connectivity index (χ3n) is 8.17. The number of hydrogen-bond donors (Lipinski definition) is 1. The Kier molecular flexibility index (Phi) is 7.88. The molecule has 4 bridgehead atoms. The fourth-order valence-electron chi connectivity index (χ4n) is 5.81. The Morgan fingerprint density at radius 3 is 1.86 bits per heavy atom. The molecule has 0 unspecified atom stereocenters. The molecule has 1 heterocycles. The van der Waals surface area contributed by atoms with Gasteiger partial charge in [-0.25, -0.2) is 4.98 Å². The normalized spacial score (nSPS) is 12.4. The van der Waals surface area contributed by atoms with Crippen LogP contribution in [0.15, 0.2) is 72.8 Å². The number of aromatic nitrogens is 2. The van der Waals surface area contributed by atoms with Crippen molar-refractivity contribution >= 4 is 6.29 Å². The summed E-state index contributed by atoms with van der Waals surface area (Å²) >= 11 is 0. The quantitative estimate of drug-likeness (QED) is 0.198. The Hall–Kier alpha value is -5.04. The number of nitrogens with one attached hydrogen (secondary N) is 1. The number of methoxy groups -OCH3 is 4. The van der Waals surface area contributed by atoms with Crippen LogP contribution in [0.25, 0.3) is 33.9 Å². The molecule has 0 atom stereocenters. The summed E-state index contributed by atoms with van der Waals surface area (Å²) in [5.41, 5.74) is 9.84. The van der Waals surface area contributed by atoms with Gasteiger partial charge in [0, 0.05) is 22.3 Å². The zero-order chi connectivity index (χ0) is 29.9. The predicted molar refractivity (Wildman–Crippen MR) is 168 cm³/mol. The molecule has 0 radical (unpaired) electrons. The van der Waals surface area contributed by atoms with Gasteiger partial charge < -0.3 is 23.9 Å². The average Bonchev–Trinajstić information content (AvgIpc) is 3.50. The van der Waals surface area contributed by atoms with Crippen molar-refractivity contribution in [3.05, 3.63) is 101 Å². The van der Waals surface area contributed by atoms with E-state index in [0.29, 0.717) is 23.0 Å². The van der Waals surface area contributed by atoms with Crippen molar-refractivity contribution in [1.82, 2.24) is 9.97 Å². The second-order valence-electron chi connectivity index (χ2n) is 10.6. The number of H-pyrrole nitrogens is 1. The topological polar surface area (TPSA) is 82.7 Å². The SMILES string of the molecule is COc1ccc(-c2nc(-c3cc4ccc3CCc3ccc(cc3C=O)CC4)[nH]c2-c2ccc(OC)c(OC)c2)cc1OC. The first-order chi connectivity index (χ1) is 21.0. The number of hydrogen-bond acceptors (Lipinski definition) is 6. The number of aromatic amines is 1. The van der Waals surface area contributed by atoms with Crippen LogP contribution in [-0.4, -0.2) is 44.7 Å². The van der Waals surface area contributed by atoms with E-state index < -0.39 is 0 Å². The van der Waals surface area contributed by atoms with Gasteiger partial charge in [-0.05, 0) is 96.5 Å². The summed E-state index contributed by atoms with van der Waals surface area (Å²) in [6.45, 7) is 0. The minimum Gasteiger partial charge on any atom is -0.493 e. The van der Waals surface area contributed by atoms with Gasteiger partial charge in [0.2, 0.25) is 0 Å². The van der Waals surface area contributed by atoms with Crippen LogP contribution in [0.5, 0.6) is 23.0 Å². The third kappa shape index (κ3) is 5.46. The van der Waals surface area contributed by atoms with Crippen molar-refractivity contribution in [1.29, 1.82) is 0 Å². The lowest BCUT2D eigenvalue weighted by atomic mass is 9.91. The first-order valence-electron chi connectivity index (χ1n) is 14.3. The van der Waals surface area contributed by atoms with Crippen LogP contribution >= 0.6 is 0 Å². The van der Waals surface area contributed by atoms with Gasteiger partial charge in [-0.15, -0.1) is 0 Å². The highest BCUT2D eigenvalue weighted by atomic mass is 16.5. The molecule has 0 spiro atoms. The lowest BCUT2D eigenvalue weighted by Crippen LogP contribution is -2.03. The minimum absolute atomic E-state index is 0.622. The van der Waals surface area contributed by atoms with E-state index in [2.05, 4.69) is 35.3 Å². The maximum atomic E-state index is 11.9. The van der Waals surface area contributed by atoms with E-state index in [1.54, 1.807) is 28.4 Å². The van der Waals surface area contributed by atoms with Crippen molar-refractivity contribution in [2.24, 2.45) is 0 Å². The Morgan fingerprint density at radius 1 is 0.628 bits per heavy atom. The second kappa shape index (κ2) is 12.1. The number of aryl methyl sites for hydroxylation is 4. The van der Waals surface area contributed by atoms with Gasteiger partial charge in [-0.2, -0.15) is 0 Å². The number of rotatable bonds is 8. The van der Waals surface area contributed by atoms with Gasteiger partial charge >= 0.3 is 0 Å². The molecular formula is C36H34N2O5. The fraction of sp³-hybridized carbons (Fsp3) is 0.222. The lowest BCUT2D eigenvalue weighted by Gasteiger charge is -2.14. The summed E-state index contributed by atoms with van der Waals surface area (Å²) in [6.07, 6.45) is 4.22. The van der Waals surface area contributed by atoms with E-state index in [4.69, 9.17) is 23.9 Å². The van der Waals surface area contributed by atoms with Crippen molar-refractivity contribution in [3.8, 4) is 56.9 Å². The Bertz CT molecular complexity index is 1730. The highest BCUT2D eigenvalue weighted by Crippen LogP contribution is 2.40. The van der Waals surface area contributed by atoms with Crippen LogP contribution in [0.4, 0.5) is 0 Å². The zero-order valence-corrected chi connectivity index (χ0v) is 24.8. The number of carbonyl (C=O) groups is 1. The average molecular weight is 575 g/mol. The predicted octanol–water partition coefficient (Wildman–Crippen LogP) is 7.14. The maximum absolute atomic E-state index is 11.9. The second-order valence-corrected chi connectivity index (χ2v) is 10.6. The highest BCUT2D eigenvalue weighted by molar-refractivity contribution is 5.84. The molecule has 0 amide bonds. The van der Waals surface area contributed by atoms with Gasteiger partial charge in [-0.1, -0.05) is 24.3 Å². The van der Waals surface area contributed by atoms with Crippen molar-refractivity contribution in [3.63, 3.8) is 0 Å². The van der Waals surface area contributed by atoms with Crippen molar-refractivity contribution in [2.75, 3.05) is 28.4 Å². The van der Waals surface area contributed by atoms with Crippen molar-refractivity contribution < 1.29 is 23.7 Å². The molecule has 43 heavy (non-hydrogen) atoms. The van der Waals surface area contributed by atoms with E-state index in [-0.39, 0.29) is 0 Å². The minimum atomic E-state index is 0.622. The molecule has 4 aliphatic rings. The molecule has 0 saturated heterocycles. The lowest BCUT2D eigenvalue weighted by molar-refractivity contribution is 0.112. The van der Waals surface area contributed by atoms with Crippen LogP contribution in [0.1, 0.15) is 32.6 Å². The van der Waals surface area contributed by atoms with Gasteiger partial charge in [-0.3, -0.25) is 4.79 Å². The molecule has 9 rings (SSSR count). The molecule has 5 aromatic rings. The van der Waals surface area contributed by atoms with Gasteiger partial charge in [0.15, 0.2) is 23.0 Å². The maximum Gasteiger partial charge on any atom is 0.161 e. The summed E-state index contributed by atoms with van der Waals surface area (Å²) in [7, 11) is 6.51. The van der Waals surface area contributed by atoms with Crippen LogP contribution in [-0.2, 0) is 25.7 Å². The molecule has 218 valence electrons. The Balaban J connectivity index is 1.51. The van der Waals surface area contributed by atoms with E-state index in [1.807, 2.05) is 42.5 Å². The molecule has 0 aliphatic heterocycles. The first kappa shape index (κ1) is 28.1. The van der Waals surface area contributed by atoms with Gasteiger partial charge in [0.1, 0.15) is 12.1 Å². The highest BCUT2D eigenvalue weighted by Gasteiger charge is 2.21. The summed E-state index contributed by atoms with van der Waals surface area (Å²) in [5.74, 6) is 3.32. The largest absolute Gasteiger partial charge is 0.493 e. The number of aldehydes is 1. The van der Waals surface area contributed by atoms with Gasteiger partial charge in [0.25, 0.3) is 0 Å². The molecule has 0 fully saturated rings. The number of imidazole rings is 1. The van der Waals surface area contributed by atoms with Crippen LogP contribution in [0, 0.1) is 0 Å². The summed E-state index contributed by atoms with van der Waals surface area (Å²) < 4.78 is 22.3. The standard InChI is InChI=1S/C36H34N2O5/c1-40-30-15-13-26(19-32(30)42-3)34-35(27-14-16-31(41-2)33(20-27)43-4)38-36(37-34)29-18-23-6-5-22-7-9-24(28(17-22)21-39)11-12-25(29)10-8-23/h7-10,13-21H,5-6,11-12H2,1-4H3,(H,37,38). The fourth-order valence-corrected chi connectivity index (χ4v) is 5.81. The molecule has 4 aliphatic carbocycles. The van der Waals surface area contributed by atoms with E-state index >= 15 is 0 Å². The Morgan fingerprint density at radius 2 is 1.21 bits per heavy atom. The number of nitrogens with zero attached hydrogens (tertiary/aromatic N) is 1. The van der Waals surface area contributed by atoms with Crippen LogP contribution < -0.4 is 18.9 Å². The number of benzene rings is 4. The molecule has 7 heteroatoms.